The van der Waals surface area contributed by atoms with Crippen LogP contribution in [0.15, 0.2) is 71.6 Å². The van der Waals surface area contributed by atoms with Crippen molar-refractivity contribution in [1.82, 2.24) is 0 Å². The Hall–Kier alpha value is -2.79. The van der Waals surface area contributed by atoms with Gasteiger partial charge in [0.05, 0.1) is 5.69 Å². The molecule has 3 aromatic carbocycles. The van der Waals surface area contributed by atoms with E-state index in [1.165, 1.54) is 11.8 Å². The van der Waals surface area contributed by atoms with E-state index in [2.05, 4.69) is 0 Å². The van der Waals surface area contributed by atoms with Crippen LogP contribution in [0, 0.1) is 0 Å². The zero-order valence-electron chi connectivity index (χ0n) is 15.6. The van der Waals surface area contributed by atoms with Crippen molar-refractivity contribution in [1.29, 1.82) is 0 Å². The van der Waals surface area contributed by atoms with E-state index >= 15 is 0 Å². The first-order valence-electron chi connectivity index (χ1n) is 9.36. The Morgan fingerprint density at radius 2 is 1.79 bits per heavy atom. The minimum Gasteiger partial charge on any atom is -0.455 e. The highest BCUT2D eigenvalue weighted by molar-refractivity contribution is 8.01. The lowest BCUT2D eigenvalue weighted by molar-refractivity contribution is -0.147. The van der Waals surface area contributed by atoms with Crippen molar-refractivity contribution in [3.05, 3.63) is 72.3 Å². The summed E-state index contributed by atoms with van der Waals surface area (Å²) in [5, 5.41) is 1.80. The van der Waals surface area contributed by atoms with Gasteiger partial charge in [0.2, 0.25) is 0 Å². The molecule has 0 fully saturated rings. The van der Waals surface area contributed by atoms with Crippen LogP contribution < -0.4 is 4.90 Å². The number of likely N-dealkylation sites (N-methyl/N-ethyl adjacent to an activating group) is 1. The molecule has 142 valence electrons. The molecule has 3 aromatic rings. The molecule has 5 heteroatoms. The highest BCUT2D eigenvalue weighted by Gasteiger charge is 2.30. The molecule has 0 saturated heterocycles. The van der Waals surface area contributed by atoms with Crippen molar-refractivity contribution < 1.29 is 14.3 Å². The molecule has 0 N–H and O–H groups in total. The lowest BCUT2D eigenvalue weighted by Crippen LogP contribution is -2.35. The number of thioether (sulfide) groups is 1. The Kier molecular flexibility index (Phi) is 5.35. The lowest BCUT2D eigenvalue weighted by Gasteiger charge is -2.23. The van der Waals surface area contributed by atoms with Gasteiger partial charge in [-0.05, 0) is 36.4 Å². The Morgan fingerprint density at radius 1 is 1.04 bits per heavy atom. The minimum atomic E-state index is -0.330. The first-order valence-corrected chi connectivity index (χ1v) is 10.2. The molecule has 1 aliphatic rings. The van der Waals surface area contributed by atoms with Crippen LogP contribution in [0.5, 0.6) is 0 Å². The van der Waals surface area contributed by atoms with E-state index < -0.39 is 0 Å². The fourth-order valence-electron chi connectivity index (χ4n) is 3.54. The summed E-state index contributed by atoms with van der Waals surface area (Å²) < 4.78 is 5.38. The van der Waals surface area contributed by atoms with Gasteiger partial charge in [-0.25, -0.2) is 0 Å². The van der Waals surface area contributed by atoms with Crippen LogP contribution in [0.2, 0.25) is 0 Å². The number of fused-ring (bicyclic) bond motifs is 2. The summed E-state index contributed by atoms with van der Waals surface area (Å²) in [6.07, 6.45) is 0.647. The van der Waals surface area contributed by atoms with Crippen LogP contribution in [0.1, 0.15) is 12.5 Å². The summed E-state index contributed by atoms with van der Waals surface area (Å²) in [7, 11) is 0. The fourth-order valence-corrected chi connectivity index (χ4v) is 4.74. The maximum atomic E-state index is 12.8. The summed E-state index contributed by atoms with van der Waals surface area (Å²) in [5.74, 6) is -0.545. The fraction of sp³-hybridized carbons (Fsp3) is 0.217. The van der Waals surface area contributed by atoms with E-state index in [-0.39, 0.29) is 23.7 Å². The number of carbonyl (C=O) groups excluding carboxylic acids is 2. The number of benzene rings is 3. The van der Waals surface area contributed by atoms with Crippen molar-refractivity contribution in [3.8, 4) is 0 Å². The number of hydrogen-bond acceptors (Lipinski definition) is 4. The summed E-state index contributed by atoms with van der Waals surface area (Å²) in [6.45, 7) is 2.18. The van der Waals surface area contributed by atoms with Crippen LogP contribution in [0.3, 0.4) is 0 Å². The van der Waals surface area contributed by atoms with Gasteiger partial charge in [-0.1, -0.05) is 54.6 Å². The topological polar surface area (TPSA) is 46.6 Å². The van der Waals surface area contributed by atoms with Gasteiger partial charge in [0, 0.05) is 16.8 Å². The Bertz CT molecular complexity index is 1000. The molecule has 1 heterocycles. The van der Waals surface area contributed by atoms with Crippen LogP contribution in [-0.4, -0.2) is 30.3 Å². The summed E-state index contributed by atoms with van der Waals surface area (Å²) >= 11 is 1.51. The number of nitrogens with zero attached hydrogens (tertiary/aromatic N) is 1. The zero-order chi connectivity index (χ0) is 19.5. The standard InChI is InChI=1S/C23H21NO3S/c1-2-24(19-12-7-10-16-8-3-5-11-18(16)19)22(25)15-27-23(26)21-14-17-9-4-6-13-20(17)28-21/h3-13,21H,2,14-15H2,1H3. The second kappa shape index (κ2) is 8.07. The molecule has 4 nitrogen and oxygen atoms in total. The maximum Gasteiger partial charge on any atom is 0.320 e. The molecule has 1 unspecified atom stereocenters. The Balaban J connectivity index is 1.43. The third-order valence-electron chi connectivity index (χ3n) is 4.92. The molecular weight excluding hydrogens is 370 g/mol. The average molecular weight is 391 g/mol. The zero-order valence-corrected chi connectivity index (χ0v) is 16.4. The molecule has 28 heavy (non-hydrogen) atoms. The second-order valence-corrected chi connectivity index (χ2v) is 7.91. The van der Waals surface area contributed by atoms with E-state index in [0.717, 1.165) is 26.9 Å². The Morgan fingerprint density at radius 3 is 2.61 bits per heavy atom. The highest BCUT2D eigenvalue weighted by atomic mass is 32.2. The predicted octanol–water partition coefficient (Wildman–Crippen LogP) is 4.45. The normalized spacial score (nSPS) is 15.2. The molecular formula is C23H21NO3S. The molecule has 4 rings (SSSR count). The summed E-state index contributed by atoms with van der Waals surface area (Å²) in [6, 6.07) is 21.8. The number of hydrogen-bond donors (Lipinski definition) is 0. The number of rotatable bonds is 5. The number of ether oxygens (including phenoxy) is 1. The molecule has 0 aromatic heterocycles. The van der Waals surface area contributed by atoms with E-state index in [1.807, 2.05) is 73.7 Å². The highest BCUT2D eigenvalue weighted by Crippen LogP contribution is 2.37. The third kappa shape index (κ3) is 3.62. The van der Waals surface area contributed by atoms with E-state index in [9.17, 15) is 9.59 Å². The van der Waals surface area contributed by atoms with Gasteiger partial charge in [0.1, 0.15) is 5.25 Å². The number of esters is 1. The predicted molar refractivity (Wildman–Crippen MR) is 113 cm³/mol. The summed E-state index contributed by atoms with van der Waals surface area (Å²) in [4.78, 5) is 28.0. The van der Waals surface area contributed by atoms with Crippen LogP contribution >= 0.6 is 11.8 Å². The molecule has 0 bridgehead atoms. The number of anilines is 1. The van der Waals surface area contributed by atoms with Crippen molar-refractivity contribution in [2.45, 2.75) is 23.5 Å². The van der Waals surface area contributed by atoms with Gasteiger partial charge in [-0.3, -0.25) is 9.59 Å². The molecule has 1 aliphatic heterocycles. The van der Waals surface area contributed by atoms with Gasteiger partial charge >= 0.3 is 5.97 Å². The number of amides is 1. The molecule has 1 atom stereocenters. The minimum absolute atomic E-state index is 0.215. The molecule has 0 aliphatic carbocycles. The van der Waals surface area contributed by atoms with E-state index in [0.29, 0.717) is 13.0 Å². The van der Waals surface area contributed by atoms with Gasteiger partial charge in [0.25, 0.3) is 5.91 Å². The van der Waals surface area contributed by atoms with Gasteiger partial charge < -0.3 is 9.64 Å². The monoisotopic (exact) mass is 391 g/mol. The Labute approximate surface area is 168 Å². The van der Waals surface area contributed by atoms with Crippen LogP contribution in [-0.2, 0) is 20.7 Å². The summed E-state index contributed by atoms with van der Waals surface area (Å²) in [5.41, 5.74) is 2.00. The van der Waals surface area contributed by atoms with Crippen molar-refractivity contribution in [3.63, 3.8) is 0 Å². The van der Waals surface area contributed by atoms with Crippen molar-refractivity contribution >= 4 is 40.1 Å². The van der Waals surface area contributed by atoms with E-state index in [1.54, 1.807) is 4.90 Å². The van der Waals surface area contributed by atoms with Crippen LogP contribution in [0.4, 0.5) is 5.69 Å². The lowest BCUT2D eigenvalue weighted by atomic mass is 10.1. The largest absolute Gasteiger partial charge is 0.455 e. The van der Waals surface area contributed by atoms with E-state index in [4.69, 9.17) is 4.74 Å². The second-order valence-electron chi connectivity index (χ2n) is 6.66. The van der Waals surface area contributed by atoms with Crippen LogP contribution in [0.25, 0.3) is 10.8 Å². The first kappa shape index (κ1) is 18.6. The molecule has 0 radical (unpaired) electrons. The maximum absolute atomic E-state index is 12.8. The average Bonchev–Trinajstić information content (AvgIpc) is 3.17. The SMILES string of the molecule is CCN(C(=O)COC(=O)C1Cc2ccccc2S1)c1cccc2ccccc12. The van der Waals surface area contributed by atoms with Crippen molar-refractivity contribution in [2.24, 2.45) is 0 Å². The third-order valence-corrected chi connectivity index (χ3v) is 6.22. The van der Waals surface area contributed by atoms with Gasteiger partial charge in [-0.2, -0.15) is 0 Å². The first-order chi connectivity index (χ1) is 13.7. The molecule has 0 saturated carbocycles. The quantitative estimate of drug-likeness (QED) is 0.603. The smallest absolute Gasteiger partial charge is 0.320 e. The molecule has 0 spiro atoms. The molecule has 1 amide bonds. The number of carbonyl (C=O) groups is 2. The van der Waals surface area contributed by atoms with Crippen molar-refractivity contribution in [2.75, 3.05) is 18.1 Å². The van der Waals surface area contributed by atoms with Gasteiger partial charge in [0.15, 0.2) is 6.61 Å². The van der Waals surface area contributed by atoms with Gasteiger partial charge in [-0.15, -0.1) is 11.8 Å².